The third-order valence-electron chi connectivity index (χ3n) is 2.22. The fourth-order valence-corrected chi connectivity index (χ4v) is 1.63. The predicted molar refractivity (Wildman–Crippen MR) is 62.5 cm³/mol. The SMILES string of the molecule is CC(CCCNc1ccccc1)S(=O)[O-]. The Morgan fingerprint density at radius 2 is 2.07 bits per heavy atom. The van der Waals surface area contributed by atoms with Crippen molar-refractivity contribution in [3.05, 3.63) is 30.3 Å². The number of hydrogen-bond acceptors (Lipinski definition) is 3. The van der Waals surface area contributed by atoms with Gasteiger partial charge in [-0.05, 0) is 25.0 Å². The van der Waals surface area contributed by atoms with E-state index >= 15 is 0 Å². The first-order chi connectivity index (χ1) is 7.20. The summed E-state index contributed by atoms with van der Waals surface area (Å²) in [5, 5.41) is 2.99. The van der Waals surface area contributed by atoms with Crippen molar-refractivity contribution in [2.45, 2.75) is 25.0 Å². The molecule has 0 saturated heterocycles. The van der Waals surface area contributed by atoms with Gasteiger partial charge in [0.15, 0.2) is 0 Å². The lowest BCUT2D eigenvalue weighted by Crippen LogP contribution is -2.12. The van der Waals surface area contributed by atoms with Gasteiger partial charge >= 0.3 is 0 Å². The van der Waals surface area contributed by atoms with Crippen LogP contribution in [0.3, 0.4) is 0 Å². The summed E-state index contributed by atoms with van der Waals surface area (Å²) in [5.74, 6) is 0. The molecule has 0 heterocycles. The molecule has 4 heteroatoms. The van der Waals surface area contributed by atoms with Crippen LogP contribution in [-0.4, -0.2) is 20.6 Å². The number of para-hydroxylation sites is 1. The van der Waals surface area contributed by atoms with E-state index in [1.165, 1.54) is 0 Å². The first-order valence-electron chi connectivity index (χ1n) is 5.07. The number of benzene rings is 1. The van der Waals surface area contributed by atoms with Crippen LogP contribution in [0.4, 0.5) is 5.69 Å². The normalized spacial score (nSPS) is 14.5. The van der Waals surface area contributed by atoms with Crippen LogP contribution in [0.15, 0.2) is 30.3 Å². The maximum Gasteiger partial charge on any atom is 0.0340 e. The van der Waals surface area contributed by atoms with Gasteiger partial charge < -0.3 is 9.87 Å². The Balaban J connectivity index is 2.15. The highest BCUT2D eigenvalue weighted by Crippen LogP contribution is 2.07. The van der Waals surface area contributed by atoms with Gasteiger partial charge in [0.1, 0.15) is 0 Å². The van der Waals surface area contributed by atoms with Crippen molar-refractivity contribution in [2.75, 3.05) is 11.9 Å². The van der Waals surface area contributed by atoms with E-state index in [-0.39, 0.29) is 5.25 Å². The fourth-order valence-electron chi connectivity index (χ4n) is 1.27. The van der Waals surface area contributed by atoms with Gasteiger partial charge in [-0.25, -0.2) is 0 Å². The minimum atomic E-state index is -1.94. The molecular weight excluding hydrogens is 210 g/mol. The number of nitrogens with one attached hydrogen (secondary N) is 1. The van der Waals surface area contributed by atoms with Gasteiger partial charge in [0.2, 0.25) is 0 Å². The van der Waals surface area contributed by atoms with Gasteiger partial charge in [-0.3, -0.25) is 4.21 Å². The van der Waals surface area contributed by atoms with E-state index in [1.807, 2.05) is 30.3 Å². The molecule has 84 valence electrons. The summed E-state index contributed by atoms with van der Waals surface area (Å²) in [4.78, 5) is 0. The molecule has 0 bridgehead atoms. The molecule has 0 spiro atoms. The molecule has 1 aromatic rings. The topological polar surface area (TPSA) is 52.2 Å². The Morgan fingerprint density at radius 1 is 1.40 bits per heavy atom. The average Bonchev–Trinajstić information content (AvgIpc) is 2.25. The van der Waals surface area contributed by atoms with Gasteiger partial charge in [-0.15, -0.1) is 0 Å². The molecule has 15 heavy (non-hydrogen) atoms. The summed E-state index contributed by atoms with van der Waals surface area (Å²) >= 11 is -1.94. The van der Waals surface area contributed by atoms with Crippen LogP contribution in [-0.2, 0) is 11.1 Å². The van der Waals surface area contributed by atoms with Crippen LogP contribution in [0, 0.1) is 0 Å². The summed E-state index contributed by atoms with van der Waals surface area (Å²) in [6.45, 7) is 2.54. The maximum atomic E-state index is 10.5. The largest absolute Gasteiger partial charge is 0.772 e. The van der Waals surface area contributed by atoms with Gasteiger partial charge in [0.05, 0.1) is 0 Å². The molecule has 0 radical (unpaired) electrons. The molecule has 3 nitrogen and oxygen atoms in total. The Morgan fingerprint density at radius 3 is 2.67 bits per heavy atom. The Hall–Kier alpha value is -0.870. The zero-order valence-electron chi connectivity index (χ0n) is 8.81. The second-order valence-corrected chi connectivity index (χ2v) is 4.83. The minimum Gasteiger partial charge on any atom is -0.772 e. The summed E-state index contributed by atoms with van der Waals surface area (Å²) < 4.78 is 21.1. The van der Waals surface area contributed by atoms with Crippen LogP contribution >= 0.6 is 0 Å². The second-order valence-electron chi connectivity index (χ2n) is 3.51. The predicted octanol–water partition coefficient (Wildman–Crippen LogP) is 2.15. The highest BCUT2D eigenvalue weighted by Gasteiger charge is 2.00. The van der Waals surface area contributed by atoms with Gasteiger partial charge in [-0.2, -0.15) is 0 Å². The lowest BCUT2D eigenvalue weighted by atomic mass is 10.2. The zero-order chi connectivity index (χ0) is 11.1. The van der Waals surface area contributed by atoms with Gasteiger partial charge in [0, 0.05) is 17.5 Å². The Bertz CT molecular complexity index is 303. The molecule has 0 aliphatic heterocycles. The standard InChI is InChI=1S/C11H17NO2S/c1-10(15(13)14)6-5-9-12-11-7-3-2-4-8-11/h2-4,7-8,10,12H,5-6,9H2,1H3,(H,13,14)/p-1. The van der Waals surface area contributed by atoms with Crippen LogP contribution in [0.2, 0.25) is 0 Å². The zero-order valence-corrected chi connectivity index (χ0v) is 9.63. The Kier molecular flexibility index (Phi) is 5.36. The molecule has 2 unspecified atom stereocenters. The van der Waals surface area contributed by atoms with Crippen molar-refractivity contribution in [2.24, 2.45) is 0 Å². The van der Waals surface area contributed by atoms with Gasteiger partial charge in [-0.1, -0.05) is 36.2 Å². The van der Waals surface area contributed by atoms with Crippen molar-refractivity contribution in [3.63, 3.8) is 0 Å². The van der Waals surface area contributed by atoms with E-state index in [1.54, 1.807) is 6.92 Å². The highest BCUT2D eigenvalue weighted by atomic mass is 32.2. The molecule has 0 fully saturated rings. The molecule has 0 aromatic heterocycles. The summed E-state index contributed by atoms with van der Waals surface area (Å²) in [6, 6.07) is 9.90. The first-order valence-corrected chi connectivity index (χ1v) is 6.21. The minimum absolute atomic E-state index is 0.248. The van der Waals surface area contributed by atoms with Crippen molar-refractivity contribution in [1.29, 1.82) is 0 Å². The smallest absolute Gasteiger partial charge is 0.0340 e. The van der Waals surface area contributed by atoms with Crippen LogP contribution < -0.4 is 5.32 Å². The monoisotopic (exact) mass is 226 g/mol. The Labute approximate surface area is 93.2 Å². The lowest BCUT2D eigenvalue weighted by Gasteiger charge is -2.14. The number of rotatable bonds is 6. The molecule has 1 N–H and O–H groups in total. The molecule has 1 rings (SSSR count). The van der Waals surface area contributed by atoms with Gasteiger partial charge in [0.25, 0.3) is 0 Å². The summed E-state index contributed by atoms with van der Waals surface area (Å²) in [6.07, 6.45) is 1.57. The molecule has 0 amide bonds. The van der Waals surface area contributed by atoms with Crippen molar-refractivity contribution in [3.8, 4) is 0 Å². The summed E-state index contributed by atoms with van der Waals surface area (Å²) in [7, 11) is 0. The van der Waals surface area contributed by atoms with E-state index in [9.17, 15) is 8.76 Å². The third-order valence-corrected chi connectivity index (χ3v) is 3.11. The van der Waals surface area contributed by atoms with E-state index in [0.29, 0.717) is 6.42 Å². The highest BCUT2D eigenvalue weighted by molar-refractivity contribution is 7.79. The first kappa shape index (κ1) is 12.2. The molecule has 0 aliphatic carbocycles. The summed E-state index contributed by atoms with van der Waals surface area (Å²) in [5.41, 5.74) is 1.08. The quantitative estimate of drug-likeness (QED) is 0.597. The van der Waals surface area contributed by atoms with Crippen LogP contribution in [0.1, 0.15) is 19.8 Å². The molecular formula is C11H16NO2S-. The average molecular weight is 226 g/mol. The van der Waals surface area contributed by atoms with E-state index < -0.39 is 11.1 Å². The van der Waals surface area contributed by atoms with E-state index in [2.05, 4.69) is 5.32 Å². The molecule has 0 saturated carbocycles. The third kappa shape index (κ3) is 4.95. The lowest BCUT2D eigenvalue weighted by molar-refractivity contribution is 0.519. The fraction of sp³-hybridized carbons (Fsp3) is 0.455. The van der Waals surface area contributed by atoms with Crippen LogP contribution in [0.5, 0.6) is 0 Å². The molecule has 1 aromatic carbocycles. The van der Waals surface area contributed by atoms with Crippen molar-refractivity contribution >= 4 is 16.8 Å². The number of hydrogen-bond donors (Lipinski definition) is 1. The second kappa shape index (κ2) is 6.58. The van der Waals surface area contributed by atoms with E-state index in [0.717, 1.165) is 18.7 Å². The van der Waals surface area contributed by atoms with E-state index in [4.69, 9.17) is 0 Å². The van der Waals surface area contributed by atoms with Crippen molar-refractivity contribution in [1.82, 2.24) is 0 Å². The van der Waals surface area contributed by atoms with Crippen LogP contribution in [0.25, 0.3) is 0 Å². The molecule has 2 atom stereocenters. The molecule has 0 aliphatic rings. The number of anilines is 1. The van der Waals surface area contributed by atoms with Crippen molar-refractivity contribution < 1.29 is 8.76 Å². The maximum absolute atomic E-state index is 10.5.